The van der Waals surface area contributed by atoms with Crippen molar-refractivity contribution in [2.45, 2.75) is 13.5 Å². The summed E-state index contributed by atoms with van der Waals surface area (Å²) >= 11 is 0. The van der Waals surface area contributed by atoms with E-state index in [0.29, 0.717) is 12.2 Å². The van der Waals surface area contributed by atoms with E-state index in [4.69, 9.17) is 0 Å². The number of piperazine rings is 1. The lowest BCUT2D eigenvalue weighted by Crippen LogP contribution is -2.46. The lowest BCUT2D eigenvalue weighted by molar-refractivity contribution is 0.0946. The van der Waals surface area contributed by atoms with Crippen molar-refractivity contribution in [3.63, 3.8) is 0 Å². The summed E-state index contributed by atoms with van der Waals surface area (Å²) in [7, 11) is 0. The van der Waals surface area contributed by atoms with Crippen LogP contribution < -0.4 is 10.2 Å². The van der Waals surface area contributed by atoms with Gasteiger partial charge in [-0.15, -0.1) is 0 Å². The van der Waals surface area contributed by atoms with Gasteiger partial charge in [-0.3, -0.25) is 14.8 Å². The molecule has 1 N–H and O–H groups in total. The molecule has 1 aliphatic heterocycles. The van der Waals surface area contributed by atoms with Crippen LogP contribution in [0.25, 0.3) is 0 Å². The zero-order valence-electron chi connectivity index (χ0n) is 14.0. The van der Waals surface area contributed by atoms with Gasteiger partial charge in [0.1, 0.15) is 5.69 Å². The molecule has 3 heterocycles. The molecule has 24 heavy (non-hydrogen) atoms. The number of amides is 1. The Bertz CT molecular complexity index is 668. The highest BCUT2D eigenvalue weighted by Crippen LogP contribution is 2.17. The van der Waals surface area contributed by atoms with Crippen molar-refractivity contribution in [2.24, 2.45) is 0 Å². The second-order valence-electron chi connectivity index (χ2n) is 5.86. The van der Waals surface area contributed by atoms with Crippen LogP contribution in [0.4, 0.5) is 5.69 Å². The van der Waals surface area contributed by atoms with Crippen molar-refractivity contribution in [2.75, 3.05) is 37.6 Å². The van der Waals surface area contributed by atoms with Crippen LogP contribution in [0.15, 0.2) is 42.9 Å². The molecule has 0 saturated carbocycles. The van der Waals surface area contributed by atoms with Crippen molar-refractivity contribution in [3.8, 4) is 0 Å². The largest absolute Gasteiger partial charge is 0.369 e. The van der Waals surface area contributed by atoms with E-state index in [0.717, 1.165) is 44.0 Å². The van der Waals surface area contributed by atoms with Crippen LogP contribution in [-0.4, -0.2) is 53.5 Å². The molecule has 0 aliphatic carbocycles. The third-order valence-electron chi connectivity index (χ3n) is 4.36. The van der Waals surface area contributed by atoms with Crippen molar-refractivity contribution in [3.05, 3.63) is 54.1 Å². The van der Waals surface area contributed by atoms with E-state index in [2.05, 4.69) is 32.0 Å². The topological polar surface area (TPSA) is 61.4 Å². The molecule has 0 atom stereocenters. The van der Waals surface area contributed by atoms with Crippen molar-refractivity contribution >= 4 is 11.6 Å². The molecule has 1 aliphatic rings. The molecule has 0 unspecified atom stereocenters. The van der Waals surface area contributed by atoms with Crippen LogP contribution in [0.5, 0.6) is 0 Å². The van der Waals surface area contributed by atoms with Gasteiger partial charge in [0.15, 0.2) is 0 Å². The van der Waals surface area contributed by atoms with Gasteiger partial charge in [0, 0.05) is 57.0 Å². The molecule has 6 heteroatoms. The van der Waals surface area contributed by atoms with Gasteiger partial charge in [-0.25, -0.2) is 0 Å². The van der Waals surface area contributed by atoms with Crippen molar-refractivity contribution in [1.82, 2.24) is 20.2 Å². The summed E-state index contributed by atoms with van der Waals surface area (Å²) in [5.74, 6) is -0.152. The number of pyridine rings is 2. The van der Waals surface area contributed by atoms with Gasteiger partial charge in [0.2, 0.25) is 0 Å². The quantitative estimate of drug-likeness (QED) is 0.904. The maximum atomic E-state index is 12.3. The fourth-order valence-electron chi connectivity index (χ4n) is 2.84. The lowest BCUT2D eigenvalue weighted by Gasteiger charge is -2.35. The number of aromatic nitrogens is 2. The summed E-state index contributed by atoms with van der Waals surface area (Å²) in [6, 6.07) is 7.62. The summed E-state index contributed by atoms with van der Waals surface area (Å²) in [5.41, 5.74) is 2.54. The minimum atomic E-state index is -0.152. The van der Waals surface area contributed by atoms with Crippen LogP contribution in [0, 0.1) is 0 Å². The molecule has 2 aromatic rings. The zero-order valence-corrected chi connectivity index (χ0v) is 14.0. The SMILES string of the molecule is CCN1CCN(c2ccnc(C(=O)NCc3ccncc3)c2)CC1. The maximum absolute atomic E-state index is 12.3. The summed E-state index contributed by atoms with van der Waals surface area (Å²) in [4.78, 5) is 25.3. The Balaban J connectivity index is 1.61. The van der Waals surface area contributed by atoms with E-state index in [9.17, 15) is 4.79 Å². The van der Waals surface area contributed by atoms with Gasteiger partial charge in [0.25, 0.3) is 5.91 Å². The fourth-order valence-corrected chi connectivity index (χ4v) is 2.84. The third kappa shape index (κ3) is 4.08. The number of carbonyl (C=O) groups is 1. The molecule has 1 fully saturated rings. The van der Waals surface area contributed by atoms with Crippen LogP contribution in [0.1, 0.15) is 23.0 Å². The van der Waals surface area contributed by atoms with Crippen LogP contribution >= 0.6 is 0 Å². The van der Waals surface area contributed by atoms with Crippen LogP contribution in [0.3, 0.4) is 0 Å². The molecule has 3 rings (SSSR count). The smallest absolute Gasteiger partial charge is 0.270 e. The first-order valence-corrected chi connectivity index (χ1v) is 8.36. The van der Waals surface area contributed by atoms with Crippen molar-refractivity contribution < 1.29 is 4.79 Å². The molecular weight excluding hydrogens is 302 g/mol. The average molecular weight is 325 g/mol. The highest BCUT2D eigenvalue weighted by atomic mass is 16.1. The summed E-state index contributed by atoms with van der Waals surface area (Å²) in [5, 5.41) is 2.91. The first-order valence-electron chi connectivity index (χ1n) is 8.36. The Hall–Kier alpha value is -2.47. The number of likely N-dealkylation sites (N-methyl/N-ethyl adjacent to an activating group) is 1. The number of carbonyl (C=O) groups excluding carboxylic acids is 1. The minimum Gasteiger partial charge on any atom is -0.369 e. The van der Waals surface area contributed by atoms with E-state index in [1.807, 2.05) is 24.3 Å². The zero-order chi connectivity index (χ0) is 16.8. The van der Waals surface area contributed by atoms with Gasteiger partial charge in [0.05, 0.1) is 0 Å². The number of hydrogen-bond acceptors (Lipinski definition) is 5. The number of anilines is 1. The Labute approximate surface area is 142 Å². The summed E-state index contributed by atoms with van der Waals surface area (Å²) < 4.78 is 0. The summed E-state index contributed by atoms with van der Waals surface area (Å²) in [6.07, 6.45) is 5.15. The van der Waals surface area contributed by atoms with Crippen LogP contribution in [0.2, 0.25) is 0 Å². The first kappa shape index (κ1) is 16.4. The average Bonchev–Trinajstić information content (AvgIpc) is 2.67. The predicted octanol–water partition coefficient (Wildman–Crippen LogP) is 1.55. The van der Waals surface area contributed by atoms with Gasteiger partial charge in [-0.05, 0) is 36.4 Å². The molecule has 0 aromatic carbocycles. The maximum Gasteiger partial charge on any atom is 0.270 e. The van der Waals surface area contributed by atoms with E-state index in [-0.39, 0.29) is 5.91 Å². The monoisotopic (exact) mass is 325 g/mol. The second kappa shape index (κ2) is 7.88. The minimum absolute atomic E-state index is 0.152. The molecular formula is C18H23N5O. The van der Waals surface area contributed by atoms with Gasteiger partial charge in [-0.2, -0.15) is 0 Å². The number of rotatable bonds is 5. The van der Waals surface area contributed by atoms with Gasteiger partial charge in [-0.1, -0.05) is 6.92 Å². The lowest BCUT2D eigenvalue weighted by atomic mass is 10.2. The highest BCUT2D eigenvalue weighted by Gasteiger charge is 2.17. The Kier molecular flexibility index (Phi) is 5.38. The van der Waals surface area contributed by atoms with E-state index < -0.39 is 0 Å². The second-order valence-corrected chi connectivity index (χ2v) is 5.86. The summed E-state index contributed by atoms with van der Waals surface area (Å²) in [6.45, 7) is 7.83. The molecule has 1 saturated heterocycles. The molecule has 0 spiro atoms. The highest BCUT2D eigenvalue weighted by molar-refractivity contribution is 5.93. The Morgan fingerprint density at radius 2 is 1.88 bits per heavy atom. The third-order valence-corrected chi connectivity index (χ3v) is 4.36. The van der Waals surface area contributed by atoms with Crippen molar-refractivity contribution in [1.29, 1.82) is 0 Å². The first-order chi connectivity index (χ1) is 11.8. The number of hydrogen-bond donors (Lipinski definition) is 1. The predicted molar refractivity (Wildman–Crippen MR) is 94.0 cm³/mol. The molecule has 126 valence electrons. The molecule has 0 bridgehead atoms. The fraction of sp³-hybridized carbons (Fsp3) is 0.389. The van der Waals surface area contributed by atoms with Gasteiger partial charge < -0.3 is 15.1 Å². The van der Waals surface area contributed by atoms with E-state index in [1.54, 1.807) is 18.6 Å². The molecule has 6 nitrogen and oxygen atoms in total. The number of nitrogens with one attached hydrogen (secondary N) is 1. The molecule has 2 aromatic heterocycles. The molecule has 0 radical (unpaired) electrons. The Morgan fingerprint density at radius 3 is 2.58 bits per heavy atom. The van der Waals surface area contributed by atoms with Gasteiger partial charge >= 0.3 is 0 Å². The van der Waals surface area contributed by atoms with E-state index in [1.165, 1.54) is 0 Å². The van der Waals surface area contributed by atoms with E-state index >= 15 is 0 Å². The Morgan fingerprint density at radius 1 is 1.12 bits per heavy atom. The molecule has 1 amide bonds. The normalized spacial score (nSPS) is 15.3. The van der Waals surface area contributed by atoms with Crippen LogP contribution in [-0.2, 0) is 6.54 Å². The standard InChI is InChI=1S/C18H23N5O/c1-2-22-9-11-23(12-10-22)16-5-8-20-17(13-16)18(24)21-14-15-3-6-19-7-4-15/h3-8,13H,2,9-12,14H2,1H3,(H,21,24). The number of nitrogens with zero attached hydrogens (tertiary/aromatic N) is 4.